The number of methoxy groups -OCH3 is 2. The molecule has 2 heterocycles. The standard InChI is InChI=1S/C17H18N4O3/c1-8-5-12(22-3)13(23-4)6-10(8)15-11(7-18)16(19)24-17-14(15)9(2)20-21-17/h5-6,15H,19H2,1-4H3,(H,20,21)/t15-/m1/s1. The number of fused-ring (bicyclic) bond motifs is 1. The quantitative estimate of drug-likeness (QED) is 0.896. The number of hydrogen-bond donors (Lipinski definition) is 2. The summed E-state index contributed by atoms with van der Waals surface area (Å²) in [5.41, 5.74) is 9.76. The molecule has 24 heavy (non-hydrogen) atoms. The van der Waals surface area contributed by atoms with Gasteiger partial charge in [-0.15, -0.1) is 5.10 Å². The second-order valence-electron chi connectivity index (χ2n) is 5.56. The molecule has 0 radical (unpaired) electrons. The third-order valence-electron chi connectivity index (χ3n) is 4.21. The second-order valence-corrected chi connectivity index (χ2v) is 5.56. The minimum atomic E-state index is -0.377. The van der Waals surface area contributed by atoms with E-state index in [9.17, 15) is 5.26 Å². The predicted molar refractivity (Wildman–Crippen MR) is 86.9 cm³/mol. The minimum absolute atomic E-state index is 0.0654. The molecule has 1 aliphatic rings. The first-order chi connectivity index (χ1) is 11.5. The highest BCUT2D eigenvalue weighted by molar-refractivity contribution is 5.59. The Balaban J connectivity index is 2.28. The molecule has 0 saturated carbocycles. The van der Waals surface area contributed by atoms with Gasteiger partial charge >= 0.3 is 0 Å². The number of aromatic nitrogens is 2. The van der Waals surface area contributed by atoms with Gasteiger partial charge in [0.25, 0.3) is 0 Å². The molecule has 7 nitrogen and oxygen atoms in total. The summed E-state index contributed by atoms with van der Waals surface area (Å²) < 4.78 is 16.2. The smallest absolute Gasteiger partial charge is 0.244 e. The molecule has 2 aromatic rings. The van der Waals surface area contributed by atoms with E-state index in [0.717, 1.165) is 22.4 Å². The van der Waals surface area contributed by atoms with E-state index in [0.29, 0.717) is 23.0 Å². The normalized spacial score (nSPS) is 16.2. The second kappa shape index (κ2) is 5.81. The lowest BCUT2D eigenvalue weighted by atomic mass is 9.82. The van der Waals surface area contributed by atoms with Crippen LogP contribution in [0.4, 0.5) is 0 Å². The van der Waals surface area contributed by atoms with Crippen molar-refractivity contribution in [2.45, 2.75) is 19.8 Å². The molecule has 1 atom stereocenters. The molecule has 3 rings (SSSR count). The third-order valence-corrected chi connectivity index (χ3v) is 4.21. The van der Waals surface area contributed by atoms with Crippen LogP contribution in [-0.2, 0) is 0 Å². The third kappa shape index (κ3) is 2.24. The maximum absolute atomic E-state index is 9.61. The van der Waals surface area contributed by atoms with Gasteiger partial charge < -0.3 is 19.9 Å². The van der Waals surface area contributed by atoms with E-state index in [1.807, 2.05) is 26.0 Å². The summed E-state index contributed by atoms with van der Waals surface area (Å²) in [6.07, 6.45) is 0. The van der Waals surface area contributed by atoms with Crippen LogP contribution < -0.4 is 19.9 Å². The van der Waals surface area contributed by atoms with Crippen LogP contribution in [0.5, 0.6) is 17.4 Å². The fourth-order valence-electron chi connectivity index (χ4n) is 3.02. The summed E-state index contributed by atoms with van der Waals surface area (Å²) in [5, 5.41) is 16.6. The zero-order valence-corrected chi connectivity index (χ0v) is 13.9. The number of rotatable bonds is 3. The molecule has 0 aliphatic carbocycles. The first kappa shape index (κ1) is 15.7. The molecule has 3 N–H and O–H groups in total. The largest absolute Gasteiger partial charge is 0.493 e. The van der Waals surface area contributed by atoms with Crippen LogP contribution in [0.2, 0.25) is 0 Å². The molecule has 0 spiro atoms. The molecule has 1 aromatic heterocycles. The maximum atomic E-state index is 9.61. The lowest BCUT2D eigenvalue weighted by molar-refractivity contribution is 0.353. The van der Waals surface area contributed by atoms with E-state index in [2.05, 4.69) is 16.3 Å². The van der Waals surface area contributed by atoms with Gasteiger partial charge in [0.2, 0.25) is 11.8 Å². The first-order valence-corrected chi connectivity index (χ1v) is 7.36. The van der Waals surface area contributed by atoms with Crippen LogP contribution in [0.3, 0.4) is 0 Å². The SMILES string of the molecule is COc1cc(C)c([C@@H]2C(C#N)=C(N)Oc3n[nH]c(C)c32)cc1OC. The molecule has 0 amide bonds. The van der Waals surface area contributed by atoms with E-state index in [1.54, 1.807) is 14.2 Å². The van der Waals surface area contributed by atoms with Gasteiger partial charge in [-0.25, -0.2) is 0 Å². The van der Waals surface area contributed by atoms with Gasteiger partial charge in [-0.3, -0.25) is 5.10 Å². The fraction of sp³-hybridized carbons (Fsp3) is 0.294. The Morgan fingerprint density at radius 2 is 1.92 bits per heavy atom. The fourth-order valence-corrected chi connectivity index (χ4v) is 3.02. The Kier molecular flexibility index (Phi) is 3.81. The molecular weight excluding hydrogens is 308 g/mol. The number of aromatic amines is 1. The van der Waals surface area contributed by atoms with Crippen molar-refractivity contribution in [1.29, 1.82) is 5.26 Å². The average molecular weight is 326 g/mol. The molecule has 7 heteroatoms. The van der Waals surface area contributed by atoms with E-state index >= 15 is 0 Å². The Hall–Kier alpha value is -3.14. The van der Waals surface area contributed by atoms with Crippen LogP contribution in [0.25, 0.3) is 0 Å². The van der Waals surface area contributed by atoms with E-state index < -0.39 is 0 Å². The molecule has 0 bridgehead atoms. The Morgan fingerprint density at radius 3 is 2.54 bits per heavy atom. The highest BCUT2D eigenvalue weighted by Gasteiger charge is 2.35. The molecule has 0 fully saturated rings. The van der Waals surface area contributed by atoms with Crippen molar-refractivity contribution >= 4 is 0 Å². The number of H-pyrrole nitrogens is 1. The lowest BCUT2D eigenvalue weighted by Crippen LogP contribution is -2.21. The molecule has 1 aliphatic heterocycles. The van der Waals surface area contributed by atoms with Crippen LogP contribution in [0.1, 0.15) is 28.3 Å². The zero-order chi connectivity index (χ0) is 17.4. The van der Waals surface area contributed by atoms with E-state index in [4.69, 9.17) is 19.9 Å². The summed E-state index contributed by atoms with van der Waals surface area (Å²) in [4.78, 5) is 0. The van der Waals surface area contributed by atoms with Crippen molar-refractivity contribution in [3.63, 3.8) is 0 Å². The molecule has 0 unspecified atom stereocenters. The average Bonchev–Trinajstić information content (AvgIpc) is 2.94. The van der Waals surface area contributed by atoms with Gasteiger partial charge in [0.15, 0.2) is 11.5 Å². The molecule has 124 valence electrons. The number of nitriles is 1. The number of aryl methyl sites for hydroxylation is 2. The zero-order valence-electron chi connectivity index (χ0n) is 13.9. The van der Waals surface area contributed by atoms with Gasteiger partial charge in [-0.1, -0.05) is 0 Å². The van der Waals surface area contributed by atoms with Gasteiger partial charge in [0.1, 0.15) is 11.6 Å². The summed E-state index contributed by atoms with van der Waals surface area (Å²) in [7, 11) is 3.16. The number of nitrogens with one attached hydrogen (secondary N) is 1. The Bertz CT molecular complexity index is 877. The topological polar surface area (TPSA) is 106 Å². The molecule has 0 saturated heterocycles. The highest BCUT2D eigenvalue weighted by atomic mass is 16.5. The molecular formula is C17H18N4O3. The summed E-state index contributed by atoms with van der Waals surface area (Å²) in [5.74, 6) is 1.30. The van der Waals surface area contributed by atoms with Crippen LogP contribution >= 0.6 is 0 Å². The van der Waals surface area contributed by atoms with Gasteiger partial charge in [-0.2, -0.15) is 5.26 Å². The van der Waals surface area contributed by atoms with Crippen LogP contribution in [0, 0.1) is 25.2 Å². The maximum Gasteiger partial charge on any atom is 0.244 e. The number of nitrogens with two attached hydrogens (primary N) is 1. The predicted octanol–water partition coefficient (Wildman–Crippen LogP) is 2.26. The number of hydrogen-bond acceptors (Lipinski definition) is 6. The van der Waals surface area contributed by atoms with E-state index in [-0.39, 0.29) is 11.8 Å². The first-order valence-electron chi connectivity index (χ1n) is 7.36. The van der Waals surface area contributed by atoms with Crippen molar-refractivity contribution in [3.8, 4) is 23.4 Å². The lowest BCUT2D eigenvalue weighted by Gasteiger charge is -2.25. The van der Waals surface area contributed by atoms with Gasteiger partial charge in [-0.05, 0) is 37.1 Å². The van der Waals surface area contributed by atoms with Crippen LogP contribution in [0.15, 0.2) is 23.6 Å². The van der Waals surface area contributed by atoms with Crippen molar-refractivity contribution in [2.24, 2.45) is 5.73 Å². The minimum Gasteiger partial charge on any atom is -0.493 e. The number of ether oxygens (including phenoxy) is 3. The Labute approximate surface area is 139 Å². The van der Waals surface area contributed by atoms with Crippen molar-refractivity contribution in [2.75, 3.05) is 14.2 Å². The summed E-state index contributed by atoms with van der Waals surface area (Å²) in [6, 6.07) is 5.91. The number of allylic oxidation sites excluding steroid dienone is 1. The highest BCUT2D eigenvalue weighted by Crippen LogP contribution is 2.45. The Morgan fingerprint density at radius 1 is 1.25 bits per heavy atom. The van der Waals surface area contributed by atoms with Crippen molar-refractivity contribution in [3.05, 3.63) is 46.0 Å². The summed E-state index contributed by atoms with van der Waals surface area (Å²) in [6.45, 7) is 3.84. The van der Waals surface area contributed by atoms with Crippen molar-refractivity contribution in [1.82, 2.24) is 10.2 Å². The van der Waals surface area contributed by atoms with Gasteiger partial charge in [0, 0.05) is 11.3 Å². The van der Waals surface area contributed by atoms with Crippen molar-refractivity contribution < 1.29 is 14.2 Å². The molecule has 1 aromatic carbocycles. The number of benzene rings is 1. The van der Waals surface area contributed by atoms with Gasteiger partial charge in [0.05, 0.1) is 20.1 Å². The number of nitrogens with zero attached hydrogens (tertiary/aromatic N) is 2. The van der Waals surface area contributed by atoms with Crippen LogP contribution in [-0.4, -0.2) is 24.4 Å². The summed E-state index contributed by atoms with van der Waals surface area (Å²) >= 11 is 0. The monoisotopic (exact) mass is 326 g/mol. The van der Waals surface area contributed by atoms with E-state index in [1.165, 1.54) is 0 Å².